The molecule has 1 fully saturated rings. The maximum Gasteiger partial charge on any atom is 0.343 e. The fourth-order valence-electron chi connectivity index (χ4n) is 3.78. The van der Waals surface area contributed by atoms with Crippen LogP contribution >= 0.6 is 0 Å². The van der Waals surface area contributed by atoms with Crippen molar-refractivity contribution in [3.8, 4) is 0 Å². The van der Waals surface area contributed by atoms with E-state index in [-0.39, 0.29) is 17.1 Å². The lowest BCUT2D eigenvalue weighted by Gasteiger charge is -2.27. The van der Waals surface area contributed by atoms with Crippen molar-refractivity contribution >= 4 is 23.9 Å². The van der Waals surface area contributed by atoms with Gasteiger partial charge < -0.3 is 9.84 Å². The highest BCUT2D eigenvalue weighted by atomic mass is 16.6. The summed E-state index contributed by atoms with van der Waals surface area (Å²) in [5.74, 6) is -0.934. The molecule has 1 unspecified atom stereocenters. The highest BCUT2D eigenvalue weighted by molar-refractivity contribution is 6.17. The van der Waals surface area contributed by atoms with Crippen molar-refractivity contribution in [3.63, 3.8) is 0 Å². The van der Waals surface area contributed by atoms with Gasteiger partial charge in [-0.3, -0.25) is 9.78 Å². The molecule has 1 aliphatic heterocycles. The smallest absolute Gasteiger partial charge is 0.343 e. The summed E-state index contributed by atoms with van der Waals surface area (Å²) in [4.78, 5) is 29.9. The van der Waals surface area contributed by atoms with Crippen LogP contribution in [0.5, 0.6) is 0 Å². The maximum atomic E-state index is 13.1. The molecule has 2 heterocycles. The highest BCUT2D eigenvalue weighted by Crippen LogP contribution is 2.45. The Bertz CT molecular complexity index is 894. The number of carbonyl (C=O) groups excluding carboxylic acids is 2. The SMILES string of the molecule is CC=Cc1cc2c(cn1)C(=O)C1(C)OC(=O)C(=C(O)CCCCCCC)C1=C2. The fourth-order valence-corrected chi connectivity index (χ4v) is 3.78. The van der Waals surface area contributed by atoms with E-state index in [1.54, 1.807) is 13.0 Å². The molecule has 28 heavy (non-hydrogen) atoms. The van der Waals surface area contributed by atoms with Gasteiger partial charge in [0.15, 0.2) is 5.60 Å². The predicted molar refractivity (Wildman–Crippen MR) is 109 cm³/mol. The van der Waals surface area contributed by atoms with Gasteiger partial charge in [-0.2, -0.15) is 0 Å². The van der Waals surface area contributed by atoms with E-state index in [0.29, 0.717) is 23.1 Å². The minimum absolute atomic E-state index is 0.00968. The van der Waals surface area contributed by atoms with Gasteiger partial charge in [0, 0.05) is 23.8 Å². The van der Waals surface area contributed by atoms with E-state index < -0.39 is 11.6 Å². The Hall–Kier alpha value is -2.69. The van der Waals surface area contributed by atoms with Crippen molar-refractivity contribution in [3.05, 3.63) is 52.1 Å². The third kappa shape index (κ3) is 3.53. The molecular weight excluding hydrogens is 354 g/mol. The fraction of sp³-hybridized carbons (Fsp3) is 0.435. The van der Waals surface area contributed by atoms with Crippen LogP contribution in [-0.4, -0.2) is 27.4 Å². The first kappa shape index (κ1) is 20.1. The summed E-state index contributed by atoms with van der Waals surface area (Å²) in [6.45, 7) is 5.63. The second kappa shape index (κ2) is 8.13. The molecule has 0 spiro atoms. The van der Waals surface area contributed by atoms with E-state index in [9.17, 15) is 14.7 Å². The number of nitrogens with zero attached hydrogens (tertiary/aromatic N) is 1. The van der Waals surface area contributed by atoms with Gasteiger partial charge in [0.2, 0.25) is 5.78 Å². The third-order valence-electron chi connectivity index (χ3n) is 5.36. The molecule has 5 heteroatoms. The normalized spacial score (nSPS) is 22.8. The van der Waals surface area contributed by atoms with Gasteiger partial charge in [0.25, 0.3) is 0 Å². The van der Waals surface area contributed by atoms with Gasteiger partial charge in [-0.15, -0.1) is 0 Å². The van der Waals surface area contributed by atoms with Crippen molar-refractivity contribution in [2.24, 2.45) is 0 Å². The molecule has 1 N–H and O–H groups in total. The summed E-state index contributed by atoms with van der Waals surface area (Å²) in [6, 6.07) is 1.81. The molecule has 1 saturated heterocycles. The number of pyridine rings is 1. The van der Waals surface area contributed by atoms with Crippen molar-refractivity contribution in [1.82, 2.24) is 4.98 Å². The molecule has 5 nitrogen and oxygen atoms in total. The second-order valence-electron chi connectivity index (χ2n) is 7.49. The molecule has 0 aromatic carbocycles. The Morgan fingerprint density at radius 3 is 2.71 bits per heavy atom. The standard InChI is InChI=1S/C23H27NO4/c1-4-6-7-8-9-11-19(25)20-18-13-15-12-16(10-5-2)24-14-17(15)21(26)23(18,3)28-22(20)27/h5,10,12-14,25H,4,6-9,11H2,1-3H3. The van der Waals surface area contributed by atoms with Gasteiger partial charge in [0.05, 0.1) is 5.69 Å². The van der Waals surface area contributed by atoms with Gasteiger partial charge in [-0.05, 0) is 44.1 Å². The van der Waals surface area contributed by atoms with Crippen LogP contribution in [-0.2, 0) is 9.53 Å². The number of hydrogen-bond acceptors (Lipinski definition) is 5. The van der Waals surface area contributed by atoms with E-state index in [0.717, 1.165) is 37.8 Å². The van der Waals surface area contributed by atoms with Gasteiger partial charge in [0.1, 0.15) is 11.3 Å². The molecule has 1 aromatic rings. The number of rotatable bonds is 7. The molecule has 0 radical (unpaired) electrons. The highest BCUT2D eigenvalue weighted by Gasteiger charge is 2.54. The average molecular weight is 381 g/mol. The van der Waals surface area contributed by atoms with Crippen LogP contribution in [0.15, 0.2) is 35.2 Å². The van der Waals surface area contributed by atoms with Gasteiger partial charge in [-0.25, -0.2) is 4.79 Å². The number of carbonyl (C=O) groups is 2. The zero-order chi connectivity index (χ0) is 20.3. The number of ether oxygens (including phenoxy) is 1. The van der Waals surface area contributed by atoms with E-state index in [1.165, 1.54) is 6.20 Å². The number of ketones is 1. The number of hydrogen-bond donors (Lipinski definition) is 1. The summed E-state index contributed by atoms with van der Waals surface area (Å²) >= 11 is 0. The topological polar surface area (TPSA) is 76.5 Å². The number of aromatic nitrogens is 1. The zero-order valence-corrected chi connectivity index (χ0v) is 16.7. The van der Waals surface area contributed by atoms with Crippen molar-refractivity contribution in [2.45, 2.75) is 64.9 Å². The predicted octanol–water partition coefficient (Wildman–Crippen LogP) is 5.18. The van der Waals surface area contributed by atoms with Crippen LogP contribution < -0.4 is 0 Å². The lowest BCUT2D eigenvalue weighted by Crippen LogP contribution is -2.39. The third-order valence-corrected chi connectivity index (χ3v) is 5.36. The van der Waals surface area contributed by atoms with E-state index in [2.05, 4.69) is 11.9 Å². The summed E-state index contributed by atoms with van der Waals surface area (Å²) < 4.78 is 5.46. The molecule has 0 amide bonds. The van der Waals surface area contributed by atoms with Gasteiger partial charge >= 0.3 is 5.97 Å². The van der Waals surface area contributed by atoms with E-state index in [1.807, 2.05) is 25.1 Å². The summed E-state index contributed by atoms with van der Waals surface area (Å²) in [5, 5.41) is 10.6. The first-order valence-electron chi connectivity index (χ1n) is 9.98. The Morgan fingerprint density at radius 1 is 1.25 bits per heavy atom. The van der Waals surface area contributed by atoms with E-state index in [4.69, 9.17) is 4.74 Å². The lowest BCUT2D eigenvalue weighted by atomic mass is 9.78. The summed E-state index contributed by atoms with van der Waals surface area (Å²) in [6.07, 6.45) is 12.6. The first-order chi connectivity index (χ1) is 13.4. The Kier molecular flexibility index (Phi) is 5.82. The Labute approximate surface area is 165 Å². The van der Waals surface area contributed by atoms with Crippen LogP contribution in [0.3, 0.4) is 0 Å². The summed E-state index contributed by atoms with van der Waals surface area (Å²) in [5.41, 5.74) is 1.02. The maximum absolute atomic E-state index is 13.1. The molecule has 1 atom stereocenters. The largest absolute Gasteiger partial charge is 0.511 e. The average Bonchev–Trinajstić information content (AvgIpc) is 2.92. The van der Waals surface area contributed by atoms with Crippen LogP contribution in [0.1, 0.15) is 80.9 Å². The Morgan fingerprint density at radius 2 is 2.00 bits per heavy atom. The quantitative estimate of drug-likeness (QED) is 0.305. The first-order valence-corrected chi connectivity index (χ1v) is 9.98. The molecule has 1 aliphatic carbocycles. The number of aliphatic hydroxyl groups is 1. The van der Waals surface area contributed by atoms with Crippen LogP contribution in [0.4, 0.5) is 0 Å². The zero-order valence-electron chi connectivity index (χ0n) is 16.7. The minimum atomic E-state index is -1.40. The van der Waals surface area contributed by atoms with Crippen molar-refractivity contribution in [1.29, 1.82) is 0 Å². The molecule has 2 aliphatic rings. The van der Waals surface area contributed by atoms with Crippen molar-refractivity contribution in [2.75, 3.05) is 0 Å². The summed E-state index contributed by atoms with van der Waals surface area (Å²) in [7, 11) is 0. The molecule has 0 saturated carbocycles. The number of allylic oxidation sites excluding steroid dienone is 2. The van der Waals surface area contributed by atoms with Gasteiger partial charge in [-0.1, -0.05) is 38.7 Å². The lowest BCUT2D eigenvalue weighted by molar-refractivity contribution is -0.141. The molecule has 0 bridgehead atoms. The number of esters is 1. The number of fused-ring (bicyclic) bond motifs is 2. The molecule has 1 aromatic heterocycles. The van der Waals surface area contributed by atoms with Crippen molar-refractivity contribution < 1.29 is 19.4 Å². The van der Waals surface area contributed by atoms with Crippen LogP contribution in [0, 0.1) is 0 Å². The van der Waals surface area contributed by atoms with E-state index >= 15 is 0 Å². The number of unbranched alkanes of at least 4 members (excludes halogenated alkanes) is 4. The second-order valence-corrected chi connectivity index (χ2v) is 7.49. The molecular formula is C23H27NO4. The molecule has 3 rings (SSSR count). The van der Waals surface area contributed by atoms with Crippen LogP contribution in [0.2, 0.25) is 0 Å². The number of aliphatic hydroxyl groups excluding tert-OH is 1. The molecule has 148 valence electrons. The Balaban J connectivity index is 1.97. The van der Waals surface area contributed by atoms with Crippen LogP contribution in [0.25, 0.3) is 12.2 Å². The number of Topliss-reactive ketones (excluding diaryl/α,β-unsaturated/α-hetero) is 1. The monoisotopic (exact) mass is 381 g/mol. The minimum Gasteiger partial charge on any atom is -0.511 e.